The molecular weight excluding hydrogens is 152 g/mol. The number of hydrogen-bond acceptors (Lipinski definition) is 2. The maximum atomic E-state index is 11.0. The Morgan fingerprint density at radius 1 is 1.08 bits per heavy atom. The molecule has 12 heavy (non-hydrogen) atoms. The maximum Gasteiger partial charge on any atom is 0.305 e. The number of cyclic esters (lactones) is 1. The largest absolute Gasteiger partial charge is 0.466 e. The van der Waals surface area contributed by atoms with E-state index in [1.54, 1.807) is 0 Å². The third-order valence-corrected chi connectivity index (χ3v) is 1.95. The van der Waals surface area contributed by atoms with Gasteiger partial charge in [-0.2, -0.15) is 0 Å². The molecule has 0 fully saturated rings. The predicted molar refractivity (Wildman–Crippen MR) is 47.8 cm³/mol. The lowest BCUT2D eigenvalue weighted by Crippen LogP contribution is -2.04. The Bertz CT molecular complexity index is 161. The summed E-state index contributed by atoms with van der Waals surface area (Å²) < 4.78 is 5.01. The smallest absolute Gasteiger partial charge is 0.305 e. The molecule has 0 aromatic carbocycles. The second-order valence-electron chi connectivity index (χ2n) is 3.08. The van der Waals surface area contributed by atoms with E-state index < -0.39 is 0 Å². The summed E-state index contributed by atoms with van der Waals surface area (Å²) in [6.07, 6.45) is 10.1. The SMILES string of the molecule is O=C1CCC/C=C\CCCCO1. The van der Waals surface area contributed by atoms with Crippen molar-refractivity contribution in [2.24, 2.45) is 0 Å². The van der Waals surface area contributed by atoms with Crippen LogP contribution in [0.15, 0.2) is 12.2 Å². The van der Waals surface area contributed by atoms with Gasteiger partial charge in [-0.25, -0.2) is 0 Å². The van der Waals surface area contributed by atoms with E-state index in [4.69, 9.17) is 4.74 Å². The van der Waals surface area contributed by atoms with E-state index in [9.17, 15) is 4.79 Å². The molecule has 0 saturated heterocycles. The van der Waals surface area contributed by atoms with E-state index >= 15 is 0 Å². The molecule has 0 atom stereocenters. The molecule has 2 heteroatoms. The van der Waals surface area contributed by atoms with Crippen molar-refractivity contribution in [2.75, 3.05) is 6.61 Å². The molecule has 0 aromatic rings. The Labute approximate surface area is 73.6 Å². The first-order valence-electron chi connectivity index (χ1n) is 4.70. The molecule has 0 amide bonds. The average molecular weight is 168 g/mol. The van der Waals surface area contributed by atoms with Gasteiger partial charge in [-0.1, -0.05) is 12.2 Å². The van der Waals surface area contributed by atoms with Crippen LogP contribution in [0.1, 0.15) is 38.5 Å². The van der Waals surface area contributed by atoms with Gasteiger partial charge in [0.1, 0.15) is 0 Å². The van der Waals surface area contributed by atoms with Crippen LogP contribution >= 0.6 is 0 Å². The summed E-state index contributed by atoms with van der Waals surface area (Å²) in [5.41, 5.74) is 0. The highest BCUT2D eigenvalue weighted by Gasteiger charge is 2.01. The monoisotopic (exact) mass is 168 g/mol. The van der Waals surface area contributed by atoms with Gasteiger partial charge in [0.05, 0.1) is 6.61 Å². The average Bonchev–Trinajstić information content (AvgIpc) is 2.11. The van der Waals surface area contributed by atoms with Crippen LogP contribution in [0, 0.1) is 0 Å². The molecule has 1 heterocycles. The molecule has 1 rings (SSSR count). The molecule has 0 aromatic heterocycles. The first-order valence-corrected chi connectivity index (χ1v) is 4.70. The van der Waals surface area contributed by atoms with Gasteiger partial charge in [-0.15, -0.1) is 0 Å². The molecule has 0 unspecified atom stereocenters. The summed E-state index contributed by atoms with van der Waals surface area (Å²) in [5.74, 6) is -0.0368. The predicted octanol–water partition coefficient (Wildman–Crippen LogP) is 2.44. The minimum absolute atomic E-state index is 0.0368. The number of allylic oxidation sites excluding steroid dienone is 2. The summed E-state index contributed by atoms with van der Waals surface area (Å²) in [5, 5.41) is 0. The molecule has 68 valence electrons. The normalized spacial score (nSPS) is 23.8. The van der Waals surface area contributed by atoms with Gasteiger partial charge in [0, 0.05) is 6.42 Å². The quantitative estimate of drug-likeness (QED) is 0.410. The molecule has 1 aliphatic rings. The summed E-state index contributed by atoms with van der Waals surface area (Å²) in [6.45, 7) is 0.604. The van der Waals surface area contributed by atoms with Crippen molar-refractivity contribution in [1.82, 2.24) is 0 Å². The third kappa shape index (κ3) is 4.16. The molecule has 0 radical (unpaired) electrons. The van der Waals surface area contributed by atoms with Crippen molar-refractivity contribution in [2.45, 2.75) is 38.5 Å². The van der Waals surface area contributed by atoms with Gasteiger partial charge in [0.15, 0.2) is 0 Å². The molecule has 0 N–H and O–H groups in total. The second kappa shape index (κ2) is 5.81. The zero-order valence-corrected chi connectivity index (χ0v) is 7.42. The van der Waals surface area contributed by atoms with Crippen molar-refractivity contribution in [1.29, 1.82) is 0 Å². The highest BCUT2D eigenvalue weighted by atomic mass is 16.5. The van der Waals surface area contributed by atoms with Gasteiger partial charge < -0.3 is 4.74 Å². The standard InChI is InChI=1S/C10H16O2/c11-10-8-6-4-2-1-3-5-7-9-12-10/h1-2H,3-9H2/b2-1-. The van der Waals surface area contributed by atoms with Crippen LogP contribution in [0.25, 0.3) is 0 Å². The van der Waals surface area contributed by atoms with Gasteiger partial charge in [-0.05, 0) is 32.1 Å². The fraction of sp³-hybridized carbons (Fsp3) is 0.700. The topological polar surface area (TPSA) is 26.3 Å². The van der Waals surface area contributed by atoms with Crippen LogP contribution in [-0.2, 0) is 9.53 Å². The molecular formula is C10H16O2. The Morgan fingerprint density at radius 2 is 1.83 bits per heavy atom. The van der Waals surface area contributed by atoms with Gasteiger partial charge >= 0.3 is 5.97 Å². The van der Waals surface area contributed by atoms with Gasteiger partial charge in [0.2, 0.25) is 0 Å². The zero-order chi connectivity index (χ0) is 8.65. The van der Waals surface area contributed by atoms with Crippen molar-refractivity contribution in [3.63, 3.8) is 0 Å². The van der Waals surface area contributed by atoms with E-state index in [1.165, 1.54) is 0 Å². The number of carbonyl (C=O) groups is 1. The molecule has 2 nitrogen and oxygen atoms in total. The van der Waals surface area contributed by atoms with Gasteiger partial charge in [0.25, 0.3) is 0 Å². The van der Waals surface area contributed by atoms with E-state index in [1.807, 2.05) is 0 Å². The lowest BCUT2D eigenvalue weighted by molar-refractivity contribution is -0.143. The summed E-state index contributed by atoms with van der Waals surface area (Å²) in [6, 6.07) is 0. The molecule has 0 saturated carbocycles. The lowest BCUT2D eigenvalue weighted by Gasteiger charge is -2.01. The summed E-state index contributed by atoms with van der Waals surface area (Å²) in [4.78, 5) is 11.0. The minimum atomic E-state index is -0.0368. The van der Waals surface area contributed by atoms with E-state index in [0.29, 0.717) is 13.0 Å². The fourth-order valence-corrected chi connectivity index (χ4v) is 1.22. The summed E-state index contributed by atoms with van der Waals surface area (Å²) in [7, 11) is 0. The van der Waals surface area contributed by atoms with Crippen LogP contribution in [0.4, 0.5) is 0 Å². The first-order chi connectivity index (χ1) is 5.89. The van der Waals surface area contributed by atoms with Crippen LogP contribution in [0.5, 0.6) is 0 Å². The van der Waals surface area contributed by atoms with Crippen molar-refractivity contribution >= 4 is 5.97 Å². The molecule has 1 aliphatic heterocycles. The fourth-order valence-electron chi connectivity index (χ4n) is 1.22. The van der Waals surface area contributed by atoms with E-state index in [0.717, 1.165) is 32.1 Å². The van der Waals surface area contributed by atoms with Gasteiger partial charge in [-0.3, -0.25) is 4.79 Å². The van der Waals surface area contributed by atoms with E-state index in [-0.39, 0.29) is 5.97 Å². The zero-order valence-electron chi connectivity index (χ0n) is 7.42. The van der Waals surface area contributed by atoms with Crippen LogP contribution < -0.4 is 0 Å². The van der Waals surface area contributed by atoms with Crippen molar-refractivity contribution < 1.29 is 9.53 Å². The maximum absolute atomic E-state index is 11.0. The second-order valence-corrected chi connectivity index (χ2v) is 3.08. The number of ether oxygens (including phenoxy) is 1. The molecule has 0 bridgehead atoms. The van der Waals surface area contributed by atoms with Crippen LogP contribution in [0.3, 0.4) is 0 Å². The Balaban J connectivity index is 2.26. The Morgan fingerprint density at radius 3 is 2.67 bits per heavy atom. The van der Waals surface area contributed by atoms with Crippen molar-refractivity contribution in [3.8, 4) is 0 Å². The molecule has 0 aliphatic carbocycles. The highest BCUT2D eigenvalue weighted by Crippen LogP contribution is 2.05. The van der Waals surface area contributed by atoms with E-state index in [2.05, 4.69) is 12.2 Å². The summed E-state index contributed by atoms with van der Waals surface area (Å²) >= 11 is 0. The van der Waals surface area contributed by atoms with Crippen molar-refractivity contribution in [3.05, 3.63) is 12.2 Å². The highest BCUT2D eigenvalue weighted by molar-refractivity contribution is 5.69. The number of carbonyl (C=O) groups excluding carboxylic acids is 1. The molecule has 0 spiro atoms. The number of esters is 1. The first kappa shape index (κ1) is 9.30. The Hall–Kier alpha value is -0.790. The third-order valence-electron chi connectivity index (χ3n) is 1.95. The Kier molecular flexibility index (Phi) is 4.50. The minimum Gasteiger partial charge on any atom is -0.466 e. The van der Waals surface area contributed by atoms with Crippen LogP contribution in [0.2, 0.25) is 0 Å². The number of hydrogen-bond donors (Lipinski definition) is 0. The number of rotatable bonds is 0. The lowest BCUT2D eigenvalue weighted by atomic mass is 10.2. The van der Waals surface area contributed by atoms with Crippen LogP contribution in [-0.4, -0.2) is 12.6 Å².